The fourth-order valence-corrected chi connectivity index (χ4v) is 1.57. The minimum Gasteiger partial charge on any atom is -0.257 e. The van der Waals surface area contributed by atoms with Crippen molar-refractivity contribution < 1.29 is 4.39 Å². The van der Waals surface area contributed by atoms with Crippen molar-refractivity contribution in [2.24, 2.45) is 4.99 Å². The van der Waals surface area contributed by atoms with Crippen LogP contribution in [0.25, 0.3) is 5.70 Å². The molecule has 0 saturated carbocycles. The number of hydrogen-bond acceptors (Lipinski definition) is 1. The van der Waals surface area contributed by atoms with Gasteiger partial charge in [-0.25, -0.2) is 4.39 Å². The van der Waals surface area contributed by atoms with E-state index in [1.807, 2.05) is 40.7 Å². The van der Waals surface area contributed by atoms with Crippen LogP contribution in [0.2, 0.25) is 5.02 Å². The van der Waals surface area contributed by atoms with Crippen molar-refractivity contribution in [1.29, 1.82) is 0 Å². The van der Waals surface area contributed by atoms with Crippen LogP contribution in [-0.4, -0.2) is 6.21 Å². The third-order valence-electron chi connectivity index (χ3n) is 2.21. The van der Waals surface area contributed by atoms with E-state index >= 15 is 0 Å². The molecule has 0 heterocycles. The van der Waals surface area contributed by atoms with Crippen molar-refractivity contribution >= 4 is 23.5 Å². The molecular formula is C17H25ClFN. The number of nitrogens with zero attached hydrogens (tertiary/aromatic N) is 1. The van der Waals surface area contributed by atoms with Crippen molar-refractivity contribution in [2.75, 3.05) is 0 Å². The molecule has 112 valence electrons. The first-order chi connectivity index (χ1) is 9.61. The summed E-state index contributed by atoms with van der Waals surface area (Å²) >= 11 is 5.69. The van der Waals surface area contributed by atoms with Crippen LogP contribution >= 0.6 is 11.6 Å². The van der Waals surface area contributed by atoms with Gasteiger partial charge in [-0.05, 0) is 25.5 Å². The summed E-state index contributed by atoms with van der Waals surface area (Å²) in [4.78, 5) is 4.17. The van der Waals surface area contributed by atoms with Gasteiger partial charge in [-0.3, -0.25) is 4.99 Å². The maximum atomic E-state index is 13.6. The maximum Gasteiger partial charge on any atom is 0.145 e. The van der Waals surface area contributed by atoms with E-state index in [-0.39, 0.29) is 5.02 Å². The predicted octanol–water partition coefficient (Wildman–Crippen LogP) is 6.46. The first-order valence-corrected chi connectivity index (χ1v) is 7.26. The molecule has 0 aromatic heterocycles. The van der Waals surface area contributed by atoms with Crippen LogP contribution in [0.3, 0.4) is 0 Å². The SMILES string of the molecule is C=CC=N/C(=C\C)c1ccc(Cl)c(F)c1C.CC.CC. The lowest BCUT2D eigenvalue weighted by Crippen LogP contribution is -1.92. The van der Waals surface area contributed by atoms with E-state index in [4.69, 9.17) is 11.6 Å². The highest BCUT2D eigenvalue weighted by Crippen LogP contribution is 2.26. The van der Waals surface area contributed by atoms with E-state index in [1.165, 1.54) is 6.07 Å². The monoisotopic (exact) mass is 297 g/mol. The minimum atomic E-state index is -0.396. The van der Waals surface area contributed by atoms with Crippen molar-refractivity contribution in [1.82, 2.24) is 0 Å². The summed E-state index contributed by atoms with van der Waals surface area (Å²) in [6, 6.07) is 3.29. The molecule has 0 fully saturated rings. The Balaban J connectivity index is 0. The topological polar surface area (TPSA) is 12.4 Å². The Hall–Kier alpha value is -1.41. The fraction of sp³-hybridized carbons (Fsp3) is 0.353. The molecule has 1 nitrogen and oxygen atoms in total. The molecule has 1 rings (SSSR count). The van der Waals surface area contributed by atoms with Crippen LogP contribution in [0.5, 0.6) is 0 Å². The number of benzene rings is 1. The molecule has 0 unspecified atom stereocenters. The molecule has 1 aromatic carbocycles. The number of hydrogen-bond donors (Lipinski definition) is 0. The Labute approximate surface area is 127 Å². The Morgan fingerprint density at radius 2 is 1.80 bits per heavy atom. The Bertz CT molecular complexity index is 462. The molecule has 0 aliphatic carbocycles. The molecule has 0 amide bonds. The Morgan fingerprint density at radius 3 is 2.25 bits per heavy atom. The van der Waals surface area contributed by atoms with Crippen molar-refractivity contribution in [3.8, 4) is 0 Å². The van der Waals surface area contributed by atoms with Gasteiger partial charge in [-0.1, -0.05) is 64.1 Å². The molecule has 0 radical (unpaired) electrons. The summed E-state index contributed by atoms with van der Waals surface area (Å²) < 4.78 is 13.6. The second-order valence-electron chi connectivity index (χ2n) is 3.22. The van der Waals surface area contributed by atoms with Gasteiger partial charge in [0, 0.05) is 11.8 Å². The molecule has 0 saturated heterocycles. The molecule has 0 aliphatic heterocycles. The highest BCUT2D eigenvalue weighted by Gasteiger charge is 2.10. The maximum absolute atomic E-state index is 13.6. The Kier molecular flexibility index (Phi) is 13.2. The van der Waals surface area contributed by atoms with E-state index < -0.39 is 5.82 Å². The highest BCUT2D eigenvalue weighted by atomic mass is 35.5. The molecule has 0 aliphatic rings. The zero-order valence-electron chi connectivity index (χ0n) is 13.3. The summed E-state index contributed by atoms with van der Waals surface area (Å²) in [6.07, 6.45) is 4.96. The predicted molar refractivity (Wildman–Crippen MR) is 91.2 cm³/mol. The zero-order valence-corrected chi connectivity index (χ0v) is 14.1. The number of halogens is 2. The number of allylic oxidation sites excluding steroid dienone is 2. The van der Waals surface area contributed by atoms with Gasteiger partial charge in [0.05, 0.1) is 10.7 Å². The van der Waals surface area contributed by atoms with Crippen LogP contribution in [0.1, 0.15) is 45.7 Å². The van der Waals surface area contributed by atoms with Gasteiger partial charge in [-0.2, -0.15) is 0 Å². The third kappa shape index (κ3) is 6.16. The lowest BCUT2D eigenvalue weighted by Gasteiger charge is -2.07. The largest absolute Gasteiger partial charge is 0.257 e. The Morgan fingerprint density at radius 1 is 1.25 bits per heavy atom. The second-order valence-corrected chi connectivity index (χ2v) is 3.63. The van der Waals surface area contributed by atoms with Gasteiger partial charge in [0.15, 0.2) is 0 Å². The summed E-state index contributed by atoms with van der Waals surface area (Å²) in [5, 5.41) is 0.129. The van der Waals surface area contributed by atoms with Gasteiger partial charge in [0.1, 0.15) is 5.82 Å². The molecule has 20 heavy (non-hydrogen) atoms. The van der Waals surface area contributed by atoms with Crippen LogP contribution < -0.4 is 0 Å². The van der Waals surface area contributed by atoms with Gasteiger partial charge in [0.25, 0.3) is 0 Å². The summed E-state index contributed by atoms with van der Waals surface area (Å²) in [7, 11) is 0. The zero-order chi connectivity index (χ0) is 16.1. The molecule has 0 N–H and O–H groups in total. The third-order valence-corrected chi connectivity index (χ3v) is 2.50. The van der Waals surface area contributed by atoms with E-state index in [2.05, 4.69) is 11.6 Å². The van der Waals surface area contributed by atoms with E-state index in [0.717, 1.165) is 5.56 Å². The van der Waals surface area contributed by atoms with E-state index in [1.54, 1.807) is 25.3 Å². The first-order valence-electron chi connectivity index (χ1n) is 6.88. The normalized spacial score (nSPS) is 10.3. The average molecular weight is 298 g/mol. The fourth-order valence-electron chi connectivity index (χ4n) is 1.36. The lowest BCUT2D eigenvalue weighted by atomic mass is 10.1. The van der Waals surface area contributed by atoms with Crippen molar-refractivity contribution in [3.05, 3.63) is 52.8 Å². The summed E-state index contributed by atoms with van der Waals surface area (Å²) in [6.45, 7) is 15.1. The first kappa shape index (κ1) is 20.9. The van der Waals surface area contributed by atoms with Crippen LogP contribution in [0, 0.1) is 12.7 Å². The molecule has 0 atom stereocenters. The minimum absolute atomic E-state index is 0.129. The van der Waals surface area contributed by atoms with Crippen molar-refractivity contribution in [3.63, 3.8) is 0 Å². The van der Waals surface area contributed by atoms with Gasteiger partial charge in [0.2, 0.25) is 0 Å². The standard InChI is InChI=1S/C13H13ClFN.2C2H6/c1-4-8-16-12(5-2)10-6-7-11(14)13(15)9(10)3;2*1-2/h4-8H,1H2,2-3H3;2*1-2H3/b12-5-,16-8?;;. The molecule has 1 aromatic rings. The van der Waals surface area contributed by atoms with E-state index in [9.17, 15) is 4.39 Å². The molecule has 3 heteroatoms. The quantitative estimate of drug-likeness (QED) is 0.568. The van der Waals surface area contributed by atoms with Crippen LogP contribution in [0.15, 0.2) is 35.9 Å². The number of rotatable bonds is 3. The van der Waals surface area contributed by atoms with Crippen molar-refractivity contribution in [2.45, 2.75) is 41.5 Å². The van der Waals surface area contributed by atoms with Crippen LogP contribution in [-0.2, 0) is 0 Å². The highest BCUT2D eigenvalue weighted by molar-refractivity contribution is 6.30. The van der Waals surface area contributed by atoms with E-state index in [0.29, 0.717) is 11.3 Å². The second kappa shape index (κ2) is 12.6. The van der Waals surface area contributed by atoms with Gasteiger partial charge < -0.3 is 0 Å². The summed E-state index contributed by atoms with van der Waals surface area (Å²) in [5.41, 5.74) is 1.94. The molecular weight excluding hydrogens is 273 g/mol. The molecule has 0 spiro atoms. The van der Waals surface area contributed by atoms with Gasteiger partial charge >= 0.3 is 0 Å². The number of aliphatic imine (C=N–C) groups is 1. The van der Waals surface area contributed by atoms with Crippen LogP contribution in [0.4, 0.5) is 4.39 Å². The molecule has 0 bridgehead atoms. The average Bonchev–Trinajstić information content (AvgIpc) is 2.51. The van der Waals surface area contributed by atoms with Gasteiger partial charge in [-0.15, -0.1) is 0 Å². The lowest BCUT2D eigenvalue weighted by molar-refractivity contribution is 0.618. The smallest absolute Gasteiger partial charge is 0.145 e. The summed E-state index contributed by atoms with van der Waals surface area (Å²) in [5.74, 6) is -0.396.